The van der Waals surface area contributed by atoms with E-state index in [1.807, 2.05) is 36.4 Å². The number of hydrogen-bond acceptors (Lipinski definition) is 2. The highest BCUT2D eigenvalue weighted by Crippen LogP contribution is 2.44. The van der Waals surface area contributed by atoms with Gasteiger partial charge < -0.3 is 14.5 Å². The molecule has 7 heteroatoms. The molecule has 0 saturated carbocycles. The van der Waals surface area contributed by atoms with Crippen molar-refractivity contribution in [2.75, 3.05) is 20.1 Å². The van der Waals surface area contributed by atoms with E-state index in [0.717, 1.165) is 80.6 Å². The average Bonchev–Trinajstić information content (AvgIpc) is 3.68. The van der Waals surface area contributed by atoms with Crippen molar-refractivity contribution in [3.05, 3.63) is 145 Å². The monoisotopic (exact) mass is 704 g/mol. The van der Waals surface area contributed by atoms with Crippen molar-refractivity contribution < 1.29 is 13.2 Å². The van der Waals surface area contributed by atoms with Crippen LogP contribution in [0.5, 0.6) is 0 Å². The van der Waals surface area contributed by atoms with Gasteiger partial charge >= 0.3 is 6.18 Å². The summed E-state index contributed by atoms with van der Waals surface area (Å²) < 4.78 is 47.1. The van der Waals surface area contributed by atoms with E-state index in [2.05, 4.69) is 99.2 Å². The normalized spacial score (nSPS) is 19.7. The third kappa shape index (κ3) is 5.20. The molecule has 2 aliphatic rings. The summed E-state index contributed by atoms with van der Waals surface area (Å²) in [5.74, 6) is 1.14. The van der Waals surface area contributed by atoms with Gasteiger partial charge in [-0.2, -0.15) is 13.2 Å². The van der Waals surface area contributed by atoms with Crippen LogP contribution in [-0.2, 0) is 6.18 Å². The first-order chi connectivity index (χ1) is 25.8. The molecule has 0 amide bonds. The number of halogens is 3. The molecule has 4 nitrogen and oxygen atoms in total. The molecule has 8 aromatic rings. The fourth-order valence-corrected chi connectivity index (χ4v) is 9.58. The largest absolute Gasteiger partial charge is 0.417 e. The molecule has 53 heavy (non-hydrogen) atoms. The fourth-order valence-electron chi connectivity index (χ4n) is 9.58. The number of hydrogen-bond donors (Lipinski definition) is 1. The number of benzene rings is 6. The predicted octanol–water partition coefficient (Wildman–Crippen LogP) is 11.3. The summed E-state index contributed by atoms with van der Waals surface area (Å²) >= 11 is 0. The Bertz CT molecular complexity index is 2650. The van der Waals surface area contributed by atoms with E-state index in [1.165, 1.54) is 24.5 Å². The summed E-state index contributed by atoms with van der Waals surface area (Å²) in [6.45, 7) is 2.18. The van der Waals surface area contributed by atoms with Gasteiger partial charge in [0.25, 0.3) is 0 Å². The molecular formula is C46H39F3N4. The minimum atomic E-state index is -4.46. The van der Waals surface area contributed by atoms with Gasteiger partial charge in [0.1, 0.15) is 0 Å². The molecule has 6 aromatic carbocycles. The maximum atomic E-state index is 14.2. The lowest BCUT2D eigenvalue weighted by molar-refractivity contribution is -0.137. The van der Waals surface area contributed by atoms with Gasteiger partial charge in [0.2, 0.25) is 0 Å². The highest BCUT2D eigenvalue weighted by atomic mass is 19.4. The van der Waals surface area contributed by atoms with Gasteiger partial charge in [0.15, 0.2) is 0 Å². The van der Waals surface area contributed by atoms with E-state index in [4.69, 9.17) is 0 Å². The van der Waals surface area contributed by atoms with Crippen LogP contribution in [0.1, 0.15) is 36.3 Å². The molecule has 2 aliphatic heterocycles. The third-order valence-electron chi connectivity index (χ3n) is 12.0. The quantitative estimate of drug-likeness (QED) is 0.197. The minimum Gasteiger partial charge on any atom is -0.309 e. The molecule has 10 rings (SSSR count). The fraction of sp³-hybridized carbons (Fsp3) is 0.217. The smallest absolute Gasteiger partial charge is 0.309 e. The van der Waals surface area contributed by atoms with E-state index in [1.54, 1.807) is 12.1 Å². The number of para-hydroxylation sites is 2. The Kier molecular flexibility index (Phi) is 7.53. The van der Waals surface area contributed by atoms with Crippen LogP contribution in [0, 0.1) is 5.92 Å². The van der Waals surface area contributed by atoms with Crippen LogP contribution in [0.4, 0.5) is 13.2 Å². The van der Waals surface area contributed by atoms with Crippen molar-refractivity contribution in [2.45, 2.75) is 37.5 Å². The lowest BCUT2D eigenvalue weighted by atomic mass is 9.75. The van der Waals surface area contributed by atoms with Crippen molar-refractivity contribution in [3.63, 3.8) is 0 Å². The number of nitrogens with zero attached hydrogens (tertiary/aromatic N) is 3. The molecule has 3 unspecified atom stereocenters. The van der Waals surface area contributed by atoms with Crippen molar-refractivity contribution in [2.24, 2.45) is 5.92 Å². The highest BCUT2D eigenvalue weighted by molar-refractivity contribution is 6.19. The van der Waals surface area contributed by atoms with Gasteiger partial charge in [-0.1, -0.05) is 72.8 Å². The molecule has 0 aliphatic carbocycles. The lowest BCUT2D eigenvalue weighted by Crippen LogP contribution is -2.56. The molecule has 0 bridgehead atoms. The van der Waals surface area contributed by atoms with Crippen molar-refractivity contribution >= 4 is 43.6 Å². The average molecular weight is 705 g/mol. The van der Waals surface area contributed by atoms with E-state index < -0.39 is 11.7 Å². The van der Waals surface area contributed by atoms with Gasteiger partial charge in [-0.15, -0.1) is 0 Å². The zero-order chi connectivity index (χ0) is 35.8. The Morgan fingerprint density at radius 2 is 1.26 bits per heavy atom. The summed E-state index contributed by atoms with van der Waals surface area (Å²) in [6, 6.07) is 44.1. The zero-order valence-electron chi connectivity index (χ0n) is 29.4. The Morgan fingerprint density at radius 3 is 2.06 bits per heavy atom. The first-order valence-electron chi connectivity index (χ1n) is 18.6. The number of rotatable bonds is 4. The molecule has 2 saturated heterocycles. The molecule has 2 aromatic heterocycles. The van der Waals surface area contributed by atoms with Crippen molar-refractivity contribution in [1.29, 1.82) is 0 Å². The van der Waals surface area contributed by atoms with Gasteiger partial charge in [-0.05, 0) is 129 Å². The number of fused-ring (bicyclic) bond motifs is 7. The predicted molar refractivity (Wildman–Crippen MR) is 210 cm³/mol. The Morgan fingerprint density at radius 1 is 0.604 bits per heavy atom. The van der Waals surface area contributed by atoms with Gasteiger partial charge in [0.05, 0.1) is 33.8 Å². The summed E-state index contributed by atoms with van der Waals surface area (Å²) in [5, 5.41) is 7.94. The van der Waals surface area contributed by atoms with Crippen LogP contribution in [0.25, 0.3) is 66.1 Å². The van der Waals surface area contributed by atoms with Crippen LogP contribution in [-0.4, -0.2) is 40.3 Å². The molecule has 264 valence electrons. The number of aromatic nitrogens is 2. The summed E-state index contributed by atoms with van der Waals surface area (Å²) in [5.41, 5.74) is 7.77. The Hall–Kier alpha value is -5.37. The molecule has 3 atom stereocenters. The minimum absolute atomic E-state index is 0.180. The Balaban J connectivity index is 1.18. The highest BCUT2D eigenvalue weighted by Gasteiger charge is 2.38. The van der Waals surface area contributed by atoms with Crippen LogP contribution in [0.3, 0.4) is 0 Å². The first kappa shape index (κ1) is 32.3. The van der Waals surface area contributed by atoms with E-state index in [9.17, 15) is 13.2 Å². The van der Waals surface area contributed by atoms with Crippen molar-refractivity contribution in [1.82, 2.24) is 19.4 Å². The van der Waals surface area contributed by atoms with Crippen LogP contribution in [0.2, 0.25) is 0 Å². The van der Waals surface area contributed by atoms with E-state index in [-0.39, 0.29) is 5.56 Å². The second-order valence-corrected chi connectivity index (χ2v) is 14.9. The molecule has 4 heterocycles. The second-order valence-electron chi connectivity index (χ2n) is 14.9. The standard InChI is InChI=1S/C46H39F3N4/c1-51-25-9-14-36-33(23-24-50-45(36)51)29-17-20-32(21-18-29)53-41-16-8-6-13-35(41)38-27-39-37-26-30(34-12-5-7-15-40(34)46(47,48)49)19-22-42(37)52(44(39)28-43(38)53)31-10-3-2-4-11-31/h2-8,10-13,15-22,26-28,33,36,45,50H,9,14,23-25H2,1H3. The van der Waals surface area contributed by atoms with Gasteiger partial charge in [-0.25, -0.2) is 0 Å². The van der Waals surface area contributed by atoms with Crippen molar-refractivity contribution in [3.8, 4) is 22.5 Å². The molecule has 2 fully saturated rings. The zero-order valence-corrected chi connectivity index (χ0v) is 29.4. The maximum Gasteiger partial charge on any atom is 0.417 e. The van der Waals surface area contributed by atoms with E-state index in [0.29, 0.717) is 23.6 Å². The summed E-state index contributed by atoms with van der Waals surface area (Å²) in [6.07, 6.45) is -0.378. The van der Waals surface area contributed by atoms with E-state index >= 15 is 0 Å². The SMILES string of the molecule is CN1CCCC2C(c3ccc(-n4c5ccccc5c5cc6c7cc(-c8ccccc8C(F)(F)F)ccc7n(-c7ccccc7)c6cc54)cc3)CCNC21. The summed E-state index contributed by atoms with van der Waals surface area (Å²) in [7, 11) is 2.25. The second kappa shape index (κ2) is 12.4. The molecule has 1 N–H and O–H groups in total. The number of alkyl halides is 3. The first-order valence-corrected chi connectivity index (χ1v) is 18.6. The van der Waals surface area contributed by atoms with Crippen LogP contribution >= 0.6 is 0 Å². The Labute approximate surface area is 306 Å². The summed E-state index contributed by atoms with van der Waals surface area (Å²) in [4.78, 5) is 2.49. The number of likely N-dealkylation sites (tertiary alicyclic amines) is 1. The topological polar surface area (TPSA) is 25.1 Å². The van der Waals surface area contributed by atoms with Crippen LogP contribution in [0.15, 0.2) is 133 Å². The maximum absolute atomic E-state index is 14.2. The van der Waals surface area contributed by atoms with Gasteiger partial charge in [-0.3, -0.25) is 4.90 Å². The third-order valence-corrected chi connectivity index (χ3v) is 12.0. The van der Waals surface area contributed by atoms with Gasteiger partial charge in [0, 0.05) is 32.9 Å². The molecular weight excluding hydrogens is 666 g/mol. The molecule has 0 spiro atoms. The molecule has 0 radical (unpaired) electrons. The number of piperidine rings is 2. The lowest BCUT2D eigenvalue weighted by Gasteiger charge is -2.47. The van der Waals surface area contributed by atoms with Crippen LogP contribution < -0.4 is 5.32 Å². The number of nitrogens with one attached hydrogen (secondary N) is 1.